The van der Waals surface area contributed by atoms with Crippen molar-refractivity contribution in [2.45, 2.75) is 44.6 Å². The number of nitrogens with one attached hydrogen (secondary N) is 1. The van der Waals surface area contributed by atoms with Gasteiger partial charge in [-0.15, -0.1) is 0 Å². The molecule has 2 heterocycles. The van der Waals surface area contributed by atoms with Gasteiger partial charge in [0.05, 0.1) is 6.04 Å². The Morgan fingerprint density at radius 3 is 2.22 bits per heavy atom. The predicted octanol–water partition coefficient (Wildman–Crippen LogP) is 0.508. The van der Waals surface area contributed by atoms with E-state index in [9.17, 15) is 8.42 Å². The molecule has 3 N–H and O–H groups in total. The Hall–Kier alpha value is -0.660. The average Bonchev–Trinajstić information content (AvgIpc) is 2.65. The zero-order valence-corrected chi connectivity index (χ0v) is 11.5. The minimum Gasteiger partial charge on any atom is -0.386 e. The summed E-state index contributed by atoms with van der Waals surface area (Å²) in [7, 11) is -3.43. The highest BCUT2D eigenvalue weighted by Gasteiger charge is 2.39. The Labute approximate surface area is 109 Å². The van der Waals surface area contributed by atoms with Gasteiger partial charge in [0, 0.05) is 19.6 Å². The van der Waals surface area contributed by atoms with E-state index in [1.54, 1.807) is 4.31 Å². The fourth-order valence-corrected chi connectivity index (χ4v) is 4.66. The third kappa shape index (κ3) is 2.67. The van der Waals surface area contributed by atoms with Crippen LogP contribution in [0, 0.1) is 5.41 Å². The van der Waals surface area contributed by atoms with Gasteiger partial charge in [0.25, 0.3) is 10.2 Å². The van der Waals surface area contributed by atoms with E-state index in [4.69, 9.17) is 11.1 Å². The van der Waals surface area contributed by atoms with Crippen LogP contribution < -0.4 is 5.73 Å². The van der Waals surface area contributed by atoms with Gasteiger partial charge in [0.2, 0.25) is 0 Å². The lowest BCUT2D eigenvalue weighted by atomic mass is 10.2. The number of nitrogens with zero attached hydrogens (tertiary/aromatic N) is 2. The molecule has 6 nitrogen and oxygen atoms in total. The lowest BCUT2D eigenvalue weighted by Gasteiger charge is -2.29. The second-order valence-electron chi connectivity index (χ2n) is 5.05. The molecule has 0 spiro atoms. The van der Waals surface area contributed by atoms with Crippen molar-refractivity contribution >= 4 is 16.0 Å². The van der Waals surface area contributed by atoms with Crippen molar-refractivity contribution in [3.8, 4) is 0 Å². The van der Waals surface area contributed by atoms with Crippen LogP contribution in [0.15, 0.2) is 0 Å². The van der Waals surface area contributed by atoms with Crippen LogP contribution in [-0.4, -0.2) is 48.5 Å². The van der Waals surface area contributed by atoms with Gasteiger partial charge >= 0.3 is 0 Å². The Bertz CT molecular complexity index is 401. The standard InChI is InChI=1S/C11H22N4O2S/c12-11(13)10-6-5-9-15(10)18(16,17)14-7-3-1-2-4-8-14/h10H,1-9H2,(H3,12,13). The maximum Gasteiger partial charge on any atom is 0.282 e. The third-order valence-corrected chi connectivity index (χ3v) is 5.80. The molecule has 2 aliphatic heterocycles. The monoisotopic (exact) mass is 274 g/mol. The summed E-state index contributed by atoms with van der Waals surface area (Å²) in [5, 5.41) is 7.51. The van der Waals surface area contributed by atoms with Crippen LogP contribution in [0.4, 0.5) is 0 Å². The average molecular weight is 274 g/mol. The fraction of sp³-hybridized carbons (Fsp3) is 0.909. The number of amidine groups is 1. The van der Waals surface area contributed by atoms with Gasteiger partial charge in [-0.25, -0.2) is 0 Å². The molecule has 2 rings (SSSR count). The van der Waals surface area contributed by atoms with Crippen LogP contribution in [0.2, 0.25) is 0 Å². The van der Waals surface area contributed by atoms with E-state index in [1.165, 1.54) is 4.31 Å². The minimum atomic E-state index is -3.43. The number of nitrogens with two attached hydrogens (primary N) is 1. The molecule has 0 aromatic rings. The lowest BCUT2D eigenvalue weighted by molar-refractivity contribution is 0.353. The van der Waals surface area contributed by atoms with Crippen LogP contribution >= 0.6 is 0 Å². The first kappa shape index (κ1) is 13.8. The Balaban J connectivity index is 2.16. The van der Waals surface area contributed by atoms with Crippen LogP contribution in [0.5, 0.6) is 0 Å². The summed E-state index contributed by atoms with van der Waals surface area (Å²) in [4.78, 5) is 0. The molecule has 0 aliphatic carbocycles. The molecule has 1 atom stereocenters. The smallest absolute Gasteiger partial charge is 0.282 e. The second kappa shape index (κ2) is 5.54. The van der Waals surface area contributed by atoms with Gasteiger partial charge in [0.15, 0.2) is 0 Å². The molecule has 18 heavy (non-hydrogen) atoms. The zero-order valence-electron chi connectivity index (χ0n) is 10.6. The summed E-state index contributed by atoms with van der Waals surface area (Å²) < 4.78 is 28.1. The van der Waals surface area contributed by atoms with Crippen LogP contribution in [0.25, 0.3) is 0 Å². The summed E-state index contributed by atoms with van der Waals surface area (Å²) in [5.74, 6) is -0.0362. The second-order valence-corrected chi connectivity index (χ2v) is 6.93. The highest BCUT2D eigenvalue weighted by molar-refractivity contribution is 7.86. The van der Waals surface area contributed by atoms with Gasteiger partial charge in [-0.05, 0) is 25.7 Å². The molecule has 0 radical (unpaired) electrons. The highest BCUT2D eigenvalue weighted by atomic mass is 32.2. The largest absolute Gasteiger partial charge is 0.386 e. The zero-order chi connectivity index (χ0) is 13.2. The molecular weight excluding hydrogens is 252 g/mol. The van der Waals surface area contributed by atoms with Crippen molar-refractivity contribution < 1.29 is 8.42 Å². The van der Waals surface area contributed by atoms with Crippen LogP contribution in [0.3, 0.4) is 0 Å². The van der Waals surface area contributed by atoms with E-state index >= 15 is 0 Å². The highest BCUT2D eigenvalue weighted by Crippen LogP contribution is 2.25. The fourth-order valence-electron chi connectivity index (χ4n) is 2.75. The van der Waals surface area contributed by atoms with E-state index < -0.39 is 16.3 Å². The summed E-state index contributed by atoms with van der Waals surface area (Å²) in [6.45, 7) is 1.69. The van der Waals surface area contributed by atoms with Crippen molar-refractivity contribution in [1.29, 1.82) is 5.41 Å². The van der Waals surface area contributed by atoms with Gasteiger partial charge < -0.3 is 5.73 Å². The van der Waals surface area contributed by atoms with Gasteiger partial charge in [-0.2, -0.15) is 17.0 Å². The molecule has 2 fully saturated rings. The number of rotatable bonds is 3. The van der Waals surface area contributed by atoms with E-state index in [2.05, 4.69) is 0 Å². The normalized spacial score (nSPS) is 28.1. The van der Waals surface area contributed by atoms with Crippen molar-refractivity contribution in [1.82, 2.24) is 8.61 Å². The van der Waals surface area contributed by atoms with E-state index in [0.717, 1.165) is 32.1 Å². The van der Waals surface area contributed by atoms with Crippen molar-refractivity contribution in [3.05, 3.63) is 0 Å². The molecule has 7 heteroatoms. The SMILES string of the molecule is N=C(N)C1CCCN1S(=O)(=O)N1CCCCCC1. The quantitative estimate of drug-likeness (QED) is 0.580. The first-order chi connectivity index (χ1) is 8.53. The summed E-state index contributed by atoms with van der Waals surface area (Å²) >= 11 is 0. The van der Waals surface area contributed by atoms with Crippen LogP contribution in [-0.2, 0) is 10.2 Å². The maximum atomic E-state index is 12.6. The molecular formula is C11H22N4O2S. The molecule has 0 aromatic heterocycles. The van der Waals surface area contributed by atoms with Gasteiger partial charge in [-0.3, -0.25) is 5.41 Å². The maximum absolute atomic E-state index is 12.6. The van der Waals surface area contributed by atoms with E-state index in [0.29, 0.717) is 26.1 Å². The molecule has 2 saturated heterocycles. The third-order valence-electron chi connectivity index (χ3n) is 3.75. The molecule has 0 saturated carbocycles. The Kier molecular flexibility index (Phi) is 4.24. The summed E-state index contributed by atoms with van der Waals surface area (Å²) in [6, 6.07) is -0.432. The summed E-state index contributed by atoms with van der Waals surface area (Å²) in [5.41, 5.74) is 5.50. The Morgan fingerprint density at radius 1 is 1.06 bits per heavy atom. The van der Waals surface area contributed by atoms with E-state index in [1.807, 2.05) is 0 Å². The number of hydrogen-bond donors (Lipinski definition) is 2. The first-order valence-electron chi connectivity index (χ1n) is 6.64. The predicted molar refractivity (Wildman–Crippen MR) is 70.6 cm³/mol. The van der Waals surface area contributed by atoms with Gasteiger partial charge in [0.1, 0.15) is 5.84 Å². The minimum absolute atomic E-state index is 0.0362. The topological polar surface area (TPSA) is 90.5 Å². The van der Waals surface area contributed by atoms with Crippen molar-refractivity contribution in [3.63, 3.8) is 0 Å². The molecule has 0 aromatic carbocycles. The van der Waals surface area contributed by atoms with Crippen molar-refractivity contribution in [2.24, 2.45) is 5.73 Å². The lowest BCUT2D eigenvalue weighted by Crippen LogP contribution is -2.50. The van der Waals surface area contributed by atoms with Crippen molar-refractivity contribution in [2.75, 3.05) is 19.6 Å². The number of hydrogen-bond acceptors (Lipinski definition) is 3. The van der Waals surface area contributed by atoms with Crippen LogP contribution in [0.1, 0.15) is 38.5 Å². The Morgan fingerprint density at radius 2 is 1.67 bits per heavy atom. The van der Waals surface area contributed by atoms with E-state index in [-0.39, 0.29) is 5.84 Å². The molecule has 0 bridgehead atoms. The molecule has 2 aliphatic rings. The first-order valence-corrected chi connectivity index (χ1v) is 8.04. The molecule has 1 unspecified atom stereocenters. The molecule has 0 amide bonds. The van der Waals surface area contributed by atoms with Gasteiger partial charge in [-0.1, -0.05) is 12.8 Å². The molecule has 104 valence electrons. The summed E-state index contributed by atoms with van der Waals surface area (Å²) in [6.07, 6.45) is 5.51.